The second-order valence-corrected chi connectivity index (χ2v) is 12.1. The van der Waals surface area contributed by atoms with Gasteiger partial charge >= 0.3 is 0 Å². The maximum absolute atomic E-state index is 11.5. The molecule has 3 saturated carbocycles. The Balaban J connectivity index is 1.54. The lowest BCUT2D eigenvalue weighted by molar-refractivity contribution is -0.126. The Morgan fingerprint density at radius 1 is 1.11 bits per heavy atom. The smallest absolute Gasteiger partial charge is 0.0585 e. The quantitative estimate of drug-likeness (QED) is 0.488. The molecular weight excluding hydrogens is 340 g/mol. The van der Waals surface area contributed by atoms with E-state index in [0.29, 0.717) is 16.7 Å². The number of aliphatic hydroxyl groups excluding tert-OH is 1. The second kappa shape index (κ2) is 7.75. The van der Waals surface area contributed by atoms with Crippen molar-refractivity contribution in [3.63, 3.8) is 0 Å². The SMILES string of the molecule is CC(C)CCC[C@@H](C)[C@H]1CC[C@H]2[C@@H]3CC=C4CCCC[C@]4(C)[C@H]3[C@@H](O)C[C@]12C. The average molecular weight is 387 g/mol. The maximum atomic E-state index is 11.5. The monoisotopic (exact) mass is 386 g/mol. The van der Waals surface area contributed by atoms with Gasteiger partial charge in [-0.15, -0.1) is 0 Å². The van der Waals surface area contributed by atoms with Crippen LogP contribution in [0, 0.1) is 46.3 Å². The molecule has 0 radical (unpaired) electrons. The molecule has 1 nitrogen and oxygen atoms in total. The third-order valence-electron chi connectivity index (χ3n) is 10.2. The van der Waals surface area contributed by atoms with Crippen molar-refractivity contribution in [2.45, 2.75) is 111 Å². The fraction of sp³-hybridized carbons (Fsp3) is 0.926. The summed E-state index contributed by atoms with van der Waals surface area (Å²) in [7, 11) is 0. The summed E-state index contributed by atoms with van der Waals surface area (Å²) in [5, 5.41) is 11.5. The Hall–Kier alpha value is -0.300. The lowest BCUT2D eigenvalue weighted by Crippen LogP contribution is -2.56. The molecule has 1 N–H and O–H groups in total. The molecule has 0 unspecified atom stereocenters. The zero-order valence-electron chi connectivity index (χ0n) is 19.3. The van der Waals surface area contributed by atoms with Gasteiger partial charge in [-0.3, -0.25) is 0 Å². The van der Waals surface area contributed by atoms with Crippen LogP contribution in [0.15, 0.2) is 11.6 Å². The van der Waals surface area contributed by atoms with Gasteiger partial charge in [-0.05, 0) is 91.3 Å². The minimum atomic E-state index is -0.0819. The van der Waals surface area contributed by atoms with E-state index in [1.54, 1.807) is 5.57 Å². The molecule has 0 bridgehead atoms. The summed E-state index contributed by atoms with van der Waals surface area (Å²) in [6.45, 7) is 12.3. The minimum absolute atomic E-state index is 0.0819. The van der Waals surface area contributed by atoms with Gasteiger partial charge in [0.1, 0.15) is 0 Å². The summed E-state index contributed by atoms with van der Waals surface area (Å²) in [5.41, 5.74) is 2.37. The molecule has 0 aliphatic heterocycles. The largest absolute Gasteiger partial charge is 0.393 e. The van der Waals surface area contributed by atoms with Crippen LogP contribution in [0.5, 0.6) is 0 Å². The van der Waals surface area contributed by atoms with Gasteiger partial charge in [0.25, 0.3) is 0 Å². The summed E-state index contributed by atoms with van der Waals surface area (Å²) in [4.78, 5) is 0. The Morgan fingerprint density at radius 2 is 1.89 bits per heavy atom. The normalized spacial score (nSPS) is 46.5. The van der Waals surface area contributed by atoms with Gasteiger partial charge in [-0.1, -0.05) is 72.0 Å². The van der Waals surface area contributed by atoms with E-state index in [2.05, 4.69) is 40.7 Å². The van der Waals surface area contributed by atoms with E-state index in [1.807, 2.05) is 0 Å². The van der Waals surface area contributed by atoms with Crippen molar-refractivity contribution in [3.8, 4) is 0 Å². The first kappa shape index (κ1) is 21.0. The van der Waals surface area contributed by atoms with Crippen molar-refractivity contribution in [2.24, 2.45) is 46.3 Å². The number of hydrogen-bond acceptors (Lipinski definition) is 1. The molecule has 0 amide bonds. The highest BCUT2D eigenvalue weighted by molar-refractivity contribution is 5.25. The maximum Gasteiger partial charge on any atom is 0.0585 e. The molecule has 0 spiro atoms. The van der Waals surface area contributed by atoms with E-state index in [1.165, 1.54) is 64.2 Å². The third kappa shape index (κ3) is 3.32. The number of allylic oxidation sites excluding steroid dienone is 2. The lowest BCUT2D eigenvalue weighted by Gasteiger charge is -2.59. The molecular formula is C27H46O. The van der Waals surface area contributed by atoms with Gasteiger partial charge in [0, 0.05) is 0 Å². The van der Waals surface area contributed by atoms with Gasteiger partial charge in [-0.2, -0.15) is 0 Å². The number of fused-ring (bicyclic) bond motifs is 5. The number of aliphatic hydroxyl groups is 1. The topological polar surface area (TPSA) is 20.2 Å². The molecule has 0 aromatic rings. The molecule has 0 heterocycles. The highest BCUT2D eigenvalue weighted by Crippen LogP contribution is 2.67. The van der Waals surface area contributed by atoms with Crippen molar-refractivity contribution in [2.75, 3.05) is 0 Å². The van der Waals surface area contributed by atoms with Crippen LogP contribution in [-0.2, 0) is 0 Å². The first-order valence-corrected chi connectivity index (χ1v) is 12.6. The van der Waals surface area contributed by atoms with Gasteiger partial charge in [0.15, 0.2) is 0 Å². The highest BCUT2D eigenvalue weighted by atomic mass is 16.3. The van der Waals surface area contributed by atoms with Crippen LogP contribution < -0.4 is 0 Å². The van der Waals surface area contributed by atoms with E-state index in [0.717, 1.165) is 36.0 Å². The molecule has 160 valence electrons. The Bertz CT molecular complexity index is 591. The van der Waals surface area contributed by atoms with Crippen LogP contribution in [0.1, 0.15) is 105 Å². The molecule has 0 aromatic heterocycles. The van der Waals surface area contributed by atoms with Crippen LogP contribution in [0.25, 0.3) is 0 Å². The Labute approximate surface area is 174 Å². The highest BCUT2D eigenvalue weighted by Gasteiger charge is 2.61. The molecule has 0 aromatic carbocycles. The van der Waals surface area contributed by atoms with Crippen LogP contribution >= 0.6 is 0 Å². The van der Waals surface area contributed by atoms with E-state index in [9.17, 15) is 5.11 Å². The predicted molar refractivity (Wildman–Crippen MR) is 119 cm³/mol. The molecule has 1 heteroatoms. The van der Waals surface area contributed by atoms with Crippen molar-refractivity contribution >= 4 is 0 Å². The van der Waals surface area contributed by atoms with Crippen molar-refractivity contribution in [1.29, 1.82) is 0 Å². The zero-order valence-corrected chi connectivity index (χ0v) is 19.3. The van der Waals surface area contributed by atoms with E-state index >= 15 is 0 Å². The van der Waals surface area contributed by atoms with Gasteiger partial charge in [0.05, 0.1) is 6.10 Å². The summed E-state index contributed by atoms with van der Waals surface area (Å²) < 4.78 is 0. The van der Waals surface area contributed by atoms with Gasteiger partial charge in [-0.25, -0.2) is 0 Å². The summed E-state index contributed by atoms with van der Waals surface area (Å²) >= 11 is 0. The van der Waals surface area contributed by atoms with E-state index in [4.69, 9.17) is 0 Å². The predicted octanol–water partition coefficient (Wildman–Crippen LogP) is 7.39. The molecule has 4 aliphatic rings. The molecule has 8 atom stereocenters. The summed E-state index contributed by atoms with van der Waals surface area (Å²) in [6, 6.07) is 0. The Kier molecular flexibility index (Phi) is 5.80. The molecule has 3 fully saturated rings. The van der Waals surface area contributed by atoms with E-state index < -0.39 is 0 Å². The number of rotatable bonds is 5. The Morgan fingerprint density at radius 3 is 2.64 bits per heavy atom. The van der Waals surface area contributed by atoms with Gasteiger partial charge in [0.2, 0.25) is 0 Å². The fourth-order valence-electron chi connectivity index (χ4n) is 8.85. The lowest BCUT2D eigenvalue weighted by atomic mass is 9.46. The molecule has 0 saturated heterocycles. The van der Waals surface area contributed by atoms with Gasteiger partial charge < -0.3 is 5.11 Å². The molecule has 28 heavy (non-hydrogen) atoms. The number of hydrogen-bond donors (Lipinski definition) is 1. The van der Waals surface area contributed by atoms with Crippen LogP contribution in [0.4, 0.5) is 0 Å². The van der Waals surface area contributed by atoms with Crippen LogP contribution in [0.3, 0.4) is 0 Å². The standard InChI is InChI=1S/C27H46O/c1-18(2)9-8-10-19(3)22-14-15-23-21-13-12-20-11-6-7-16-26(20,4)25(21)24(28)17-27(22,23)5/h12,18-19,21-25,28H,6-11,13-17H2,1-5H3/t19-,21+,22-,23+,24+,25-,26+,27-/m1/s1. The van der Waals surface area contributed by atoms with Crippen LogP contribution in [0.2, 0.25) is 0 Å². The zero-order chi connectivity index (χ0) is 20.1. The second-order valence-electron chi connectivity index (χ2n) is 12.1. The van der Waals surface area contributed by atoms with Crippen molar-refractivity contribution in [3.05, 3.63) is 11.6 Å². The first-order valence-electron chi connectivity index (χ1n) is 12.6. The minimum Gasteiger partial charge on any atom is -0.393 e. The fourth-order valence-corrected chi connectivity index (χ4v) is 8.85. The molecule has 4 rings (SSSR count). The average Bonchev–Trinajstić information content (AvgIpc) is 2.97. The van der Waals surface area contributed by atoms with Crippen LogP contribution in [-0.4, -0.2) is 11.2 Å². The van der Waals surface area contributed by atoms with E-state index in [-0.39, 0.29) is 6.10 Å². The first-order chi connectivity index (χ1) is 13.3. The van der Waals surface area contributed by atoms with Crippen molar-refractivity contribution in [1.82, 2.24) is 0 Å². The summed E-state index contributed by atoms with van der Waals surface area (Å²) in [6.07, 6.45) is 17.2. The summed E-state index contributed by atoms with van der Waals surface area (Å²) in [5.74, 6) is 4.57. The third-order valence-corrected chi connectivity index (χ3v) is 10.2. The van der Waals surface area contributed by atoms with Crippen molar-refractivity contribution < 1.29 is 5.11 Å². The molecule has 4 aliphatic carbocycles.